The van der Waals surface area contributed by atoms with Gasteiger partial charge in [-0.3, -0.25) is 14.8 Å². The Morgan fingerprint density at radius 1 is 1.12 bits per heavy atom. The Labute approximate surface area is 95.2 Å². The van der Waals surface area contributed by atoms with Crippen molar-refractivity contribution in [1.82, 2.24) is 9.97 Å². The summed E-state index contributed by atoms with van der Waals surface area (Å²) in [5, 5.41) is 0. The first-order valence-electron chi connectivity index (χ1n) is 4.99. The van der Waals surface area contributed by atoms with Gasteiger partial charge < -0.3 is 0 Å². The van der Waals surface area contributed by atoms with Gasteiger partial charge >= 0.3 is 0 Å². The van der Waals surface area contributed by atoms with Gasteiger partial charge in [-0.25, -0.2) is 0 Å². The monoisotopic (exact) mass is 214 g/mol. The summed E-state index contributed by atoms with van der Waals surface area (Å²) in [4.78, 5) is 18.4. The van der Waals surface area contributed by atoms with Crippen molar-refractivity contribution in [3.8, 4) is 0 Å². The van der Waals surface area contributed by atoms with Crippen LogP contribution in [0.1, 0.15) is 23.0 Å². The third-order valence-corrected chi connectivity index (χ3v) is 1.87. The van der Waals surface area contributed by atoms with Crippen LogP contribution in [0.4, 0.5) is 0 Å². The zero-order valence-corrected chi connectivity index (χ0v) is 9.42. The second kappa shape index (κ2) is 6.45. The summed E-state index contributed by atoms with van der Waals surface area (Å²) in [6.45, 7) is 3.47. The van der Waals surface area contributed by atoms with E-state index in [1.54, 1.807) is 25.5 Å². The van der Waals surface area contributed by atoms with Gasteiger partial charge in [0, 0.05) is 24.2 Å². The first-order valence-corrected chi connectivity index (χ1v) is 4.99. The molecule has 0 saturated carbocycles. The summed E-state index contributed by atoms with van der Waals surface area (Å²) in [6, 6.07) is 9.23. The standard InChI is InChI=1S/C8H8O.C5H6N2/c1-7(9)8-5-3-2-4-6-8;1-5-4-6-2-3-7-5/h2-6H,1H3;2-4H,1H3. The number of carbonyl (C=O) groups is 1. The molecule has 0 spiro atoms. The Kier molecular flexibility index (Phi) is 4.86. The molecule has 0 fully saturated rings. The second-order valence-electron chi connectivity index (χ2n) is 3.27. The van der Waals surface area contributed by atoms with Crippen molar-refractivity contribution in [3.63, 3.8) is 0 Å². The summed E-state index contributed by atoms with van der Waals surface area (Å²) < 4.78 is 0. The summed E-state index contributed by atoms with van der Waals surface area (Å²) in [5.74, 6) is 0.121. The summed E-state index contributed by atoms with van der Waals surface area (Å²) in [7, 11) is 0. The predicted molar refractivity (Wildman–Crippen MR) is 63.2 cm³/mol. The Hall–Kier alpha value is -2.03. The van der Waals surface area contributed by atoms with Crippen molar-refractivity contribution >= 4 is 5.78 Å². The molecule has 82 valence electrons. The van der Waals surface area contributed by atoms with E-state index >= 15 is 0 Å². The molecule has 0 unspecified atom stereocenters. The number of hydrogen-bond acceptors (Lipinski definition) is 3. The number of aromatic nitrogens is 2. The number of hydrogen-bond donors (Lipinski definition) is 0. The van der Waals surface area contributed by atoms with Crippen LogP contribution in [0.5, 0.6) is 0 Å². The Morgan fingerprint density at radius 2 is 1.81 bits per heavy atom. The van der Waals surface area contributed by atoms with Crippen LogP contribution < -0.4 is 0 Å². The van der Waals surface area contributed by atoms with E-state index in [1.807, 2.05) is 37.3 Å². The summed E-state index contributed by atoms with van der Waals surface area (Å²) >= 11 is 0. The molecule has 0 aliphatic heterocycles. The lowest BCUT2D eigenvalue weighted by Crippen LogP contribution is -1.88. The molecule has 2 rings (SSSR count). The predicted octanol–water partition coefficient (Wildman–Crippen LogP) is 2.67. The van der Waals surface area contributed by atoms with E-state index in [1.165, 1.54) is 0 Å². The van der Waals surface area contributed by atoms with E-state index in [2.05, 4.69) is 9.97 Å². The minimum Gasteiger partial charge on any atom is -0.295 e. The van der Waals surface area contributed by atoms with E-state index in [-0.39, 0.29) is 5.78 Å². The van der Waals surface area contributed by atoms with Crippen LogP contribution >= 0.6 is 0 Å². The zero-order valence-electron chi connectivity index (χ0n) is 9.42. The average Bonchev–Trinajstić information content (AvgIpc) is 2.32. The molecule has 0 saturated heterocycles. The molecule has 1 aromatic heterocycles. The third-order valence-electron chi connectivity index (χ3n) is 1.87. The molecule has 0 aliphatic carbocycles. The molecule has 0 atom stereocenters. The highest BCUT2D eigenvalue weighted by Gasteiger charge is 1.92. The molecule has 3 heteroatoms. The largest absolute Gasteiger partial charge is 0.295 e. The summed E-state index contributed by atoms with van der Waals surface area (Å²) in [6.07, 6.45) is 5.06. The highest BCUT2D eigenvalue weighted by atomic mass is 16.1. The smallest absolute Gasteiger partial charge is 0.159 e. The van der Waals surface area contributed by atoms with Crippen molar-refractivity contribution in [2.45, 2.75) is 13.8 Å². The van der Waals surface area contributed by atoms with Gasteiger partial charge in [0.25, 0.3) is 0 Å². The van der Waals surface area contributed by atoms with Crippen molar-refractivity contribution in [3.05, 3.63) is 60.2 Å². The van der Waals surface area contributed by atoms with Gasteiger partial charge in [-0.05, 0) is 13.8 Å². The quantitative estimate of drug-likeness (QED) is 0.685. The molecular weight excluding hydrogens is 200 g/mol. The summed E-state index contributed by atoms with van der Waals surface area (Å²) in [5.41, 5.74) is 1.74. The van der Waals surface area contributed by atoms with Gasteiger partial charge in [0.2, 0.25) is 0 Å². The van der Waals surface area contributed by atoms with Crippen LogP contribution in [0.3, 0.4) is 0 Å². The number of carbonyl (C=O) groups excluding carboxylic acids is 1. The highest BCUT2D eigenvalue weighted by Crippen LogP contribution is 1.97. The van der Waals surface area contributed by atoms with Gasteiger partial charge in [-0.1, -0.05) is 30.3 Å². The fourth-order valence-corrected chi connectivity index (χ4v) is 1.05. The molecule has 0 aliphatic rings. The topological polar surface area (TPSA) is 42.9 Å². The van der Waals surface area contributed by atoms with Gasteiger partial charge in [-0.2, -0.15) is 0 Å². The van der Waals surface area contributed by atoms with Crippen LogP contribution in [0, 0.1) is 6.92 Å². The zero-order chi connectivity index (χ0) is 11.8. The SMILES string of the molecule is CC(=O)c1ccccc1.Cc1cnccn1. The van der Waals surface area contributed by atoms with Gasteiger partial charge in [0.15, 0.2) is 5.78 Å². The Morgan fingerprint density at radius 3 is 2.12 bits per heavy atom. The molecule has 1 aromatic carbocycles. The number of rotatable bonds is 1. The molecule has 0 amide bonds. The second-order valence-corrected chi connectivity index (χ2v) is 3.27. The van der Waals surface area contributed by atoms with E-state index in [0.717, 1.165) is 11.3 Å². The fraction of sp³-hybridized carbons (Fsp3) is 0.154. The van der Waals surface area contributed by atoms with E-state index in [9.17, 15) is 4.79 Å². The number of benzene rings is 1. The highest BCUT2D eigenvalue weighted by molar-refractivity contribution is 5.93. The van der Waals surface area contributed by atoms with Crippen molar-refractivity contribution in [2.75, 3.05) is 0 Å². The fourth-order valence-electron chi connectivity index (χ4n) is 1.05. The van der Waals surface area contributed by atoms with Crippen molar-refractivity contribution < 1.29 is 4.79 Å². The minimum atomic E-state index is 0.121. The third kappa shape index (κ3) is 4.46. The van der Waals surface area contributed by atoms with Crippen LogP contribution in [-0.4, -0.2) is 15.8 Å². The lowest BCUT2D eigenvalue weighted by Gasteiger charge is -1.89. The number of ketones is 1. The maximum atomic E-state index is 10.6. The van der Waals surface area contributed by atoms with E-state index in [4.69, 9.17) is 0 Å². The molecule has 3 nitrogen and oxygen atoms in total. The average molecular weight is 214 g/mol. The van der Waals surface area contributed by atoms with Crippen molar-refractivity contribution in [1.29, 1.82) is 0 Å². The number of Topliss-reactive ketones (excluding diaryl/α,β-unsaturated/α-hetero) is 1. The van der Waals surface area contributed by atoms with Crippen molar-refractivity contribution in [2.24, 2.45) is 0 Å². The molecule has 16 heavy (non-hydrogen) atoms. The molecule has 0 bridgehead atoms. The molecule has 0 radical (unpaired) electrons. The normalized spacial score (nSPS) is 8.88. The van der Waals surface area contributed by atoms with Crippen LogP contribution in [0.2, 0.25) is 0 Å². The van der Waals surface area contributed by atoms with E-state index in [0.29, 0.717) is 0 Å². The van der Waals surface area contributed by atoms with Crippen LogP contribution in [-0.2, 0) is 0 Å². The maximum absolute atomic E-state index is 10.6. The lowest BCUT2D eigenvalue weighted by atomic mass is 10.2. The minimum absolute atomic E-state index is 0.121. The number of aryl methyl sites for hydroxylation is 1. The first kappa shape index (κ1) is 12.0. The lowest BCUT2D eigenvalue weighted by molar-refractivity contribution is 0.101. The van der Waals surface area contributed by atoms with Crippen LogP contribution in [0.25, 0.3) is 0 Å². The molecule has 1 heterocycles. The van der Waals surface area contributed by atoms with Crippen LogP contribution in [0.15, 0.2) is 48.9 Å². The van der Waals surface area contributed by atoms with E-state index < -0.39 is 0 Å². The van der Waals surface area contributed by atoms with Gasteiger partial charge in [-0.15, -0.1) is 0 Å². The van der Waals surface area contributed by atoms with Gasteiger partial charge in [0.05, 0.1) is 5.69 Å². The Bertz CT molecular complexity index is 426. The Balaban J connectivity index is 0.000000165. The number of nitrogens with zero attached hydrogens (tertiary/aromatic N) is 2. The maximum Gasteiger partial charge on any atom is 0.159 e. The first-order chi connectivity index (χ1) is 7.70. The van der Waals surface area contributed by atoms with Gasteiger partial charge in [0.1, 0.15) is 0 Å². The molecule has 2 aromatic rings. The molecular formula is C13H14N2O. The molecule has 0 N–H and O–H groups in total.